The van der Waals surface area contributed by atoms with Crippen molar-refractivity contribution in [2.75, 3.05) is 13.7 Å². The van der Waals surface area contributed by atoms with Crippen molar-refractivity contribution in [1.29, 1.82) is 0 Å². The number of nitrogens with zero attached hydrogens (tertiary/aromatic N) is 2. The Hall–Kier alpha value is -4.21. The number of rotatable bonds is 6. The second kappa shape index (κ2) is 10.9. The van der Waals surface area contributed by atoms with Crippen LogP contribution in [0.15, 0.2) is 86.1 Å². The van der Waals surface area contributed by atoms with Gasteiger partial charge >= 0.3 is 11.9 Å². The van der Waals surface area contributed by atoms with Gasteiger partial charge in [0.05, 0.1) is 46.1 Å². The number of hydrogen-bond acceptors (Lipinski definition) is 8. The Morgan fingerprint density at radius 1 is 1.13 bits per heavy atom. The Morgan fingerprint density at radius 3 is 2.62 bits per heavy atom. The first-order valence-corrected chi connectivity index (χ1v) is 13.2. The highest BCUT2D eigenvalue weighted by molar-refractivity contribution is 7.07. The lowest BCUT2D eigenvalue weighted by Gasteiger charge is -2.24. The van der Waals surface area contributed by atoms with Crippen LogP contribution in [0.1, 0.15) is 41.6 Å². The zero-order valence-corrected chi connectivity index (χ0v) is 22.8. The molecule has 0 saturated carbocycles. The van der Waals surface area contributed by atoms with Gasteiger partial charge in [0.25, 0.3) is 5.56 Å². The topological polar surface area (TPSA) is 100 Å². The second-order valence-electron chi connectivity index (χ2n) is 8.60. The number of carbonyl (C=O) groups excluding carboxylic acids is 2. The summed E-state index contributed by atoms with van der Waals surface area (Å²) in [6, 6.07) is 17.0. The lowest BCUT2D eigenvalue weighted by molar-refractivity contribution is -0.139. The van der Waals surface area contributed by atoms with Gasteiger partial charge in [-0.15, -0.1) is 0 Å². The third kappa shape index (κ3) is 4.98. The maximum absolute atomic E-state index is 13.7. The van der Waals surface area contributed by atoms with Crippen LogP contribution in [-0.4, -0.2) is 30.2 Å². The van der Waals surface area contributed by atoms with Crippen molar-refractivity contribution in [1.82, 2.24) is 4.57 Å². The molecule has 1 atom stereocenters. The predicted octanol–water partition coefficient (Wildman–Crippen LogP) is 4.50. The molecule has 0 unspecified atom stereocenters. The number of fused-ring (bicyclic) bond motifs is 1. The van der Waals surface area contributed by atoms with Crippen LogP contribution in [-0.2, 0) is 14.3 Å². The Kier molecular flexibility index (Phi) is 7.36. The largest absolute Gasteiger partial charge is 0.465 e. The zero-order valence-electron chi connectivity index (χ0n) is 21.3. The summed E-state index contributed by atoms with van der Waals surface area (Å²) in [6.45, 7) is 3.68. The number of thiazole rings is 1. The van der Waals surface area contributed by atoms with Gasteiger partial charge in [0, 0.05) is 11.6 Å². The molecule has 39 heavy (non-hydrogen) atoms. The molecule has 8 nitrogen and oxygen atoms in total. The molecule has 0 spiro atoms. The highest BCUT2D eigenvalue weighted by Crippen LogP contribution is 2.31. The Morgan fingerprint density at radius 2 is 1.90 bits per heavy atom. The highest BCUT2D eigenvalue weighted by Gasteiger charge is 2.33. The van der Waals surface area contributed by atoms with Gasteiger partial charge in [-0.1, -0.05) is 53.3 Å². The van der Waals surface area contributed by atoms with E-state index < -0.39 is 18.0 Å². The molecule has 4 aromatic rings. The van der Waals surface area contributed by atoms with Gasteiger partial charge < -0.3 is 13.9 Å². The van der Waals surface area contributed by atoms with Gasteiger partial charge in [-0.2, -0.15) is 0 Å². The molecular formula is C29H23ClN2O6S. The van der Waals surface area contributed by atoms with Gasteiger partial charge in [-0.25, -0.2) is 14.6 Å². The van der Waals surface area contributed by atoms with Crippen molar-refractivity contribution in [3.05, 3.63) is 114 Å². The number of esters is 2. The maximum Gasteiger partial charge on any atom is 0.339 e. The summed E-state index contributed by atoms with van der Waals surface area (Å²) in [4.78, 5) is 43.7. The van der Waals surface area contributed by atoms with Crippen LogP contribution in [0, 0.1) is 0 Å². The van der Waals surface area contributed by atoms with E-state index in [4.69, 9.17) is 25.5 Å². The molecular weight excluding hydrogens is 540 g/mol. The Bertz CT molecular complexity index is 1800. The first kappa shape index (κ1) is 26.4. The summed E-state index contributed by atoms with van der Waals surface area (Å²) in [5.41, 5.74) is 2.13. The molecule has 2 aromatic heterocycles. The standard InChI is InChI=1S/C29H23ClN2O6S/c1-4-37-28(35)24-16(2)31-29-32(25(24)17-8-6-5-7-9-17)26(33)23(39-29)15-19-11-13-22(38-19)18-10-12-21(30)20(14-18)27(34)36-3/h5-15,25H,4H2,1-3H3/b23-15-/t25-/m1/s1. The minimum atomic E-state index is -0.679. The van der Waals surface area contributed by atoms with Gasteiger partial charge in [0.2, 0.25) is 0 Å². The molecule has 198 valence electrons. The van der Waals surface area contributed by atoms with Crippen molar-refractivity contribution in [3.63, 3.8) is 0 Å². The Balaban J connectivity index is 1.59. The predicted molar refractivity (Wildman–Crippen MR) is 147 cm³/mol. The number of hydrogen-bond donors (Lipinski definition) is 0. The normalized spacial score (nSPS) is 15.1. The number of aromatic nitrogens is 1. The third-order valence-electron chi connectivity index (χ3n) is 6.19. The molecule has 0 radical (unpaired) electrons. The number of carbonyl (C=O) groups is 2. The van der Waals surface area contributed by atoms with Crippen molar-refractivity contribution < 1.29 is 23.5 Å². The van der Waals surface area contributed by atoms with E-state index in [2.05, 4.69) is 4.99 Å². The molecule has 2 aromatic carbocycles. The quantitative estimate of drug-likeness (QED) is 0.321. The van der Waals surface area contributed by atoms with E-state index in [9.17, 15) is 14.4 Å². The van der Waals surface area contributed by atoms with Crippen LogP contribution in [0.4, 0.5) is 0 Å². The molecule has 0 N–H and O–H groups in total. The molecule has 3 heterocycles. The summed E-state index contributed by atoms with van der Waals surface area (Å²) in [7, 11) is 1.28. The molecule has 0 fully saturated rings. The van der Waals surface area contributed by atoms with Crippen molar-refractivity contribution in [2.24, 2.45) is 4.99 Å². The van der Waals surface area contributed by atoms with Gasteiger partial charge in [-0.05, 0) is 49.7 Å². The highest BCUT2D eigenvalue weighted by atomic mass is 35.5. The number of furan rings is 1. The van der Waals surface area contributed by atoms with Crippen molar-refractivity contribution >= 4 is 41.0 Å². The third-order valence-corrected chi connectivity index (χ3v) is 7.50. The lowest BCUT2D eigenvalue weighted by Crippen LogP contribution is -2.39. The summed E-state index contributed by atoms with van der Waals surface area (Å²) in [6.07, 6.45) is 1.63. The number of ether oxygens (including phenoxy) is 2. The maximum atomic E-state index is 13.7. The fourth-order valence-corrected chi connectivity index (χ4v) is 5.62. The zero-order chi connectivity index (χ0) is 27.7. The van der Waals surface area contributed by atoms with Gasteiger partial charge in [-0.3, -0.25) is 9.36 Å². The van der Waals surface area contributed by atoms with Crippen LogP contribution in [0.2, 0.25) is 5.02 Å². The fourth-order valence-electron chi connectivity index (χ4n) is 4.40. The number of halogens is 1. The minimum absolute atomic E-state index is 0.205. The average molecular weight is 563 g/mol. The summed E-state index contributed by atoms with van der Waals surface area (Å²) < 4.78 is 18.0. The van der Waals surface area contributed by atoms with Crippen molar-refractivity contribution in [3.8, 4) is 11.3 Å². The van der Waals surface area contributed by atoms with E-state index in [1.165, 1.54) is 23.0 Å². The van der Waals surface area contributed by atoms with E-state index in [1.807, 2.05) is 30.3 Å². The lowest BCUT2D eigenvalue weighted by atomic mass is 9.96. The first-order chi connectivity index (χ1) is 18.8. The van der Waals surface area contributed by atoms with E-state index in [1.54, 1.807) is 50.3 Å². The van der Waals surface area contributed by atoms with E-state index >= 15 is 0 Å². The molecule has 5 rings (SSSR count). The fraction of sp³-hybridized carbons (Fsp3) is 0.172. The van der Waals surface area contributed by atoms with E-state index in [0.29, 0.717) is 37.7 Å². The van der Waals surface area contributed by atoms with Crippen molar-refractivity contribution in [2.45, 2.75) is 19.9 Å². The Labute approximate surface area is 232 Å². The smallest absolute Gasteiger partial charge is 0.339 e. The number of allylic oxidation sites excluding steroid dienone is 1. The first-order valence-electron chi connectivity index (χ1n) is 12.0. The summed E-state index contributed by atoms with van der Waals surface area (Å²) in [5.74, 6) is -0.145. The van der Waals surface area contributed by atoms with Crippen LogP contribution >= 0.6 is 22.9 Å². The number of methoxy groups -OCH3 is 1. The molecule has 1 aliphatic heterocycles. The van der Waals surface area contributed by atoms with Crippen LogP contribution in [0.3, 0.4) is 0 Å². The monoisotopic (exact) mass is 562 g/mol. The summed E-state index contributed by atoms with van der Waals surface area (Å²) >= 11 is 7.34. The molecule has 0 bridgehead atoms. The molecule has 0 saturated heterocycles. The summed E-state index contributed by atoms with van der Waals surface area (Å²) in [5, 5.41) is 0.268. The van der Waals surface area contributed by atoms with Gasteiger partial charge in [0.1, 0.15) is 11.5 Å². The van der Waals surface area contributed by atoms with Crippen LogP contribution in [0.5, 0.6) is 0 Å². The minimum Gasteiger partial charge on any atom is -0.465 e. The molecule has 1 aliphatic rings. The van der Waals surface area contributed by atoms with E-state index in [0.717, 1.165) is 5.56 Å². The molecule has 0 aliphatic carbocycles. The van der Waals surface area contributed by atoms with Gasteiger partial charge in [0.15, 0.2) is 4.80 Å². The molecule has 10 heteroatoms. The van der Waals surface area contributed by atoms with Crippen LogP contribution < -0.4 is 14.9 Å². The molecule has 0 amide bonds. The SMILES string of the molecule is CCOC(=O)C1=C(C)N=c2s/c(=C\c3ccc(-c4ccc(Cl)c(C(=O)OC)c4)o3)c(=O)n2[C@@H]1c1ccccc1. The average Bonchev–Trinajstić information content (AvgIpc) is 3.52. The second-order valence-corrected chi connectivity index (χ2v) is 10.0. The van der Waals surface area contributed by atoms with Crippen LogP contribution in [0.25, 0.3) is 17.4 Å². The number of benzene rings is 2. The van der Waals surface area contributed by atoms with E-state index in [-0.39, 0.29) is 22.8 Å².